The predicted octanol–water partition coefficient (Wildman–Crippen LogP) is 1.14. The zero-order valence-corrected chi connectivity index (χ0v) is 8.74. The van der Waals surface area contributed by atoms with E-state index in [4.69, 9.17) is 5.73 Å². The Balaban J connectivity index is 3.00. The van der Waals surface area contributed by atoms with Gasteiger partial charge in [-0.25, -0.2) is 0 Å². The summed E-state index contributed by atoms with van der Waals surface area (Å²) < 4.78 is 79.7. The number of nitrogens with zero attached hydrogens (tertiary/aromatic N) is 1. The van der Waals surface area contributed by atoms with Crippen LogP contribution in [0.15, 0.2) is 0 Å². The van der Waals surface area contributed by atoms with Crippen LogP contribution in [0, 0.1) is 0 Å². The molecule has 0 aliphatic carbocycles. The van der Waals surface area contributed by atoms with E-state index in [9.17, 15) is 26.3 Å². The number of hydrogen-bond acceptors (Lipinski definition) is 3. The summed E-state index contributed by atoms with van der Waals surface area (Å²) in [5.74, 6) is 0. The molecule has 1 fully saturated rings. The number of rotatable bonds is 2. The summed E-state index contributed by atoms with van der Waals surface area (Å²) in [7, 11) is 0. The van der Waals surface area contributed by atoms with E-state index >= 15 is 0 Å². The summed E-state index contributed by atoms with van der Waals surface area (Å²) >= 11 is 0. The summed E-state index contributed by atoms with van der Waals surface area (Å²) in [4.78, 5) is 1.00. The number of morpholine rings is 1. The molecule has 1 heterocycles. The molecule has 1 aliphatic heterocycles. The second-order valence-corrected chi connectivity index (χ2v) is 3.74. The third-order valence-electron chi connectivity index (χ3n) is 2.56. The summed E-state index contributed by atoms with van der Waals surface area (Å²) in [5, 5.41) is 0. The van der Waals surface area contributed by atoms with Gasteiger partial charge in [-0.2, -0.15) is 26.3 Å². The van der Waals surface area contributed by atoms with Crippen LogP contribution >= 0.6 is 0 Å². The second-order valence-electron chi connectivity index (χ2n) is 3.74. The minimum absolute atomic E-state index is 0.00507. The molecule has 17 heavy (non-hydrogen) atoms. The number of alkyl halides is 6. The summed E-state index contributed by atoms with van der Waals surface area (Å²) in [6.07, 6.45) is -11.0. The van der Waals surface area contributed by atoms with Gasteiger partial charge in [-0.15, -0.1) is 0 Å². The van der Waals surface area contributed by atoms with Gasteiger partial charge in [-0.3, -0.25) is 4.90 Å². The highest BCUT2D eigenvalue weighted by Crippen LogP contribution is 2.47. The summed E-state index contributed by atoms with van der Waals surface area (Å²) in [6, 6.07) is 0. The molecule has 0 saturated carbocycles. The zero-order chi connectivity index (χ0) is 13.3. The maximum absolute atomic E-state index is 12.6. The Labute approximate surface area is 93.5 Å². The van der Waals surface area contributed by atoms with Gasteiger partial charge in [0.15, 0.2) is 0 Å². The number of nitrogens with two attached hydrogens (primary N) is 1. The van der Waals surface area contributed by atoms with Crippen molar-refractivity contribution in [2.45, 2.75) is 18.0 Å². The maximum atomic E-state index is 12.6. The molecule has 0 spiro atoms. The van der Waals surface area contributed by atoms with Gasteiger partial charge in [-0.05, 0) is 0 Å². The number of ether oxygens (including phenoxy) is 1. The van der Waals surface area contributed by atoms with E-state index in [-0.39, 0.29) is 19.6 Å². The van der Waals surface area contributed by atoms with Crippen molar-refractivity contribution in [1.29, 1.82) is 0 Å². The van der Waals surface area contributed by atoms with Crippen LogP contribution in [-0.4, -0.2) is 55.6 Å². The lowest BCUT2D eigenvalue weighted by atomic mass is 10.00. The lowest BCUT2D eigenvalue weighted by Gasteiger charge is -2.44. The van der Waals surface area contributed by atoms with E-state index in [1.807, 2.05) is 0 Å². The van der Waals surface area contributed by atoms with Crippen molar-refractivity contribution >= 4 is 0 Å². The lowest BCUT2D eigenvalue weighted by molar-refractivity contribution is -0.392. The van der Waals surface area contributed by atoms with E-state index in [0.29, 0.717) is 0 Å². The van der Waals surface area contributed by atoms with Crippen molar-refractivity contribution in [3.63, 3.8) is 0 Å². The highest BCUT2D eigenvalue weighted by Gasteiger charge is 2.73. The predicted molar refractivity (Wildman–Crippen MR) is 46.3 cm³/mol. The van der Waals surface area contributed by atoms with Gasteiger partial charge in [0.05, 0.1) is 6.61 Å². The van der Waals surface area contributed by atoms with Crippen LogP contribution in [-0.2, 0) is 4.74 Å². The monoisotopic (exact) mass is 266 g/mol. The third kappa shape index (κ3) is 2.66. The molecule has 0 aromatic heterocycles. The average molecular weight is 266 g/mol. The largest absolute Gasteiger partial charge is 0.427 e. The van der Waals surface area contributed by atoms with Crippen LogP contribution in [0.4, 0.5) is 26.3 Å². The van der Waals surface area contributed by atoms with Gasteiger partial charge >= 0.3 is 12.4 Å². The van der Waals surface area contributed by atoms with Crippen molar-refractivity contribution < 1.29 is 31.1 Å². The molecule has 3 nitrogen and oxygen atoms in total. The summed E-state index contributed by atoms with van der Waals surface area (Å²) in [5.41, 5.74) is 1.02. The van der Waals surface area contributed by atoms with Crippen molar-refractivity contribution in [3.8, 4) is 0 Å². The van der Waals surface area contributed by atoms with Crippen LogP contribution < -0.4 is 5.73 Å². The average Bonchev–Trinajstić information content (AvgIpc) is 2.15. The first-order chi connectivity index (χ1) is 7.64. The Morgan fingerprint density at radius 2 is 1.65 bits per heavy atom. The molecule has 0 bridgehead atoms. The fourth-order valence-corrected chi connectivity index (χ4v) is 1.67. The van der Waals surface area contributed by atoms with E-state index in [1.54, 1.807) is 0 Å². The molecule has 2 N–H and O–H groups in total. The zero-order valence-electron chi connectivity index (χ0n) is 8.74. The van der Waals surface area contributed by atoms with Gasteiger partial charge in [0.1, 0.15) is 0 Å². The molecule has 102 valence electrons. The molecule has 1 saturated heterocycles. The fraction of sp³-hybridized carbons (Fsp3) is 1.00. The third-order valence-corrected chi connectivity index (χ3v) is 2.56. The van der Waals surface area contributed by atoms with E-state index in [1.165, 1.54) is 0 Å². The smallest absolute Gasteiger partial charge is 0.356 e. The minimum Gasteiger partial charge on any atom is -0.356 e. The molecular weight excluding hydrogens is 254 g/mol. The van der Waals surface area contributed by atoms with Gasteiger partial charge in [0, 0.05) is 26.2 Å². The first-order valence-electron chi connectivity index (χ1n) is 4.84. The highest BCUT2D eigenvalue weighted by atomic mass is 19.4. The van der Waals surface area contributed by atoms with Gasteiger partial charge in [0.2, 0.25) is 0 Å². The second kappa shape index (κ2) is 4.62. The Morgan fingerprint density at radius 1 is 1.12 bits per heavy atom. The lowest BCUT2D eigenvalue weighted by Crippen LogP contribution is -2.67. The fourth-order valence-electron chi connectivity index (χ4n) is 1.67. The molecule has 1 aliphatic rings. The molecule has 0 radical (unpaired) electrons. The van der Waals surface area contributed by atoms with Crippen LogP contribution in [0.5, 0.6) is 0 Å². The molecular formula is C8H12F6N2O. The Hall–Kier alpha value is -0.540. The SMILES string of the molecule is NCCN1CCOC(C(F)(F)F)(C(F)(F)F)C1. The van der Waals surface area contributed by atoms with Crippen molar-refractivity contribution in [1.82, 2.24) is 4.90 Å². The van der Waals surface area contributed by atoms with E-state index in [0.717, 1.165) is 4.90 Å². The molecule has 0 amide bonds. The van der Waals surface area contributed by atoms with Crippen molar-refractivity contribution in [3.05, 3.63) is 0 Å². The van der Waals surface area contributed by atoms with Crippen LogP contribution in [0.25, 0.3) is 0 Å². The van der Waals surface area contributed by atoms with Crippen molar-refractivity contribution in [2.75, 3.05) is 32.8 Å². The van der Waals surface area contributed by atoms with E-state index in [2.05, 4.69) is 4.74 Å². The molecule has 0 unspecified atom stereocenters. The molecule has 0 aromatic rings. The Morgan fingerprint density at radius 3 is 2.06 bits per heavy atom. The standard InChI is InChI=1S/C8H12F6N2O/c9-7(10,11)6(8(12,13)14)5-16(2-1-15)3-4-17-6/h1-5,15H2. The normalized spacial score (nSPS) is 22.8. The molecule has 1 rings (SSSR count). The summed E-state index contributed by atoms with van der Waals surface area (Å²) in [6.45, 7) is -1.93. The maximum Gasteiger partial charge on any atom is 0.427 e. The molecule has 0 atom stereocenters. The first-order valence-corrected chi connectivity index (χ1v) is 4.84. The van der Waals surface area contributed by atoms with Gasteiger partial charge < -0.3 is 10.5 Å². The molecule has 9 heteroatoms. The van der Waals surface area contributed by atoms with Crippen LogP contribution in [0.3, 0.4) is 0 Å². The quantitative estimate of drug-likeness (QED) is 0.762. The van der Waals surface area contributed by atoms with Crippen LogP contribution in [0.2, 0.25) is 0 Å². The molecule has 0 aromatic carbocycles. The Kier molecular flexibility index (Phi) is 3.94. The van der Waals surface area contributed by atoms with E-state index < -0.39 is 31.1 Å². The number of hydrogen-bond donors (Lipinski definition) is 1. The number of halogens is 6. The Bertz CT molecular complexity index is 248. The van der Waals surface area contributed by atoms with Gasteiger partial charge in [0.25, 0.3) is 5.60 Å². The van der Waals surface area contributed by atoms with Gasteiger partial charge in [-0.1, -0.05) is 0 Å². The van der Waals surface area contributed by atoms with Crippen LogP contribution in [0.1, 0.15) is 0 Å². The van der Waals surface area contributed by atoms with Crippen molar-refractivity contribution in [2.24, 2.45) is 5.73 Å². The minimum atomic E-state index is -5.50. The topological polar surface area (TPSA) is 38.5 Å². The highest BCUT2D eigenvalue weighted by molar-refractivity contribution is 5.00. The first kappa shape index (κ1) is 14.5.